The number of ether oxygens (including phenoxy) is 1. The normalized spacial score (nSPS) is 23.7. The van der Waals surface area contributed by atoms with Crippen LogP contribution >= 0.6 is 11.8 Å². The van der Waals surface area contributed by atoms with Crippen molar-refractivity contribution in [3.05, 3.63) is 29.8 Å². The molecule has 2 saturated heterocycles. The first-order valence-electron chi connectivity index (χ1n) is 8.37. The Kier molecular flexibility index (Phi) is 5.15. The Morgan fingerprint density at radius 2 is 2.12 bits per heavy atom. The van der Waals surface area contributed by atoms with Gasteiger partial charge in [0.05, 0.1) is 18.7 Å². The Morgan fingerprint density at radius 3 is 2.83 bits per heavy atom. The molecule has 0 aromatic heterocycles. The number of hydrogen-bond acceptors (Lipinski definition) is 5. The molecule has 2 aliphatic rings. The van der Waals surface area contributed by atoms with Crippen molar-refractivity contribution in [3.8, 4) is 5.75 Å². The molecule has 1 aromatic rings. The highest BCUT2D eigenvalue weighted by atomic mass is 32.2. The minimum Gasteiger partial charge on any atom is -0.494 e. The molecule has 0 radical (unpaired) electrons. The van der Waals surface area contributed by atoms with Crippen LogP contribution in [0.1, 0.15) is 25.3 Å². The Bertz CT molecular complexity index is 628. The summed E-state index contributed by atoms with van der Waals surface area (Å²) < 4.78 is 5.65. The highest BCUT2D eigenvalue weighted by molar-refractivity contribution is 7.99. The summed E-state index contributed by atoms with van der Waals surface area (Å²) in [6, 6.07) is 7.89. The minimum absolute atomic E-state index is 0.0162. The van der Waals surface area contributed by atoms with E-state index in [1.165, 1.54) is 4.90 Å². The zero-order valence-electron chi connectivity index (χ0n) is 14.3. The summed E-state index contributed by atoms with van der Waals surface area (Å²) in [5.74, 6) is 2.60. The first kappa shape index (κ1) is 17.3. The maximum atomic E-state index is 12.7. The van der Waals surface area contributed by atoms with E-state index in [4.69, 9.17) is 4.74 Å². The van der Waals surface area contributed by atoms with Crippen LogP contribution in [0.3, 0.4) is 0 Å². The average molecular weight is 348 g/mol. The molecule has 5 nitrogen and oxygen atoms in total. The van der Waals surface area contributed by atoms with Crippen LogP contribution in [0.15, 0.2) is 24.3 Å². The standard InChI is InChI=1S/C18H24N2O3S/c1-3-23-15-7-5-4-6-14(15)11-19(2)13-20-16(21)10-18(17(20)22)8-9-24-12-18/h4-7H,3,8-13H2,1-2H3/t18-/m0/s1. The summed E-state index contributed by atoms with van der Waals surface area (Å²) in [7, 11) is 1.93. The summed E-state index contributed by atoms with van der Waals surface area (Å²) in [4.78, 5) is 28.5. The SMILES string of the molecule is CCOc1ccccc1CN(C)CN1C(=O)C[C@]2(CCSC2)C1=O. The number of thioether (sulfide) groups is 1. The molecule has 1 spiro atoms. The van der Waals surface area contributed by atoms with Gasteiger partial charge in [0.15, 0.2) is 0 Å². The average Bonchev–Trinajstić information content (AvgIpc) is 3.11. The molecule has 0 unspecified atom stereocenters. The van der Waals surface area contributed by atoms with Crippen LogP contribution < -0.4 is 4.74 Å². The molecule has 2 fully saturated rings. The van der Waals surface area contributed by atoms with E-state index in [-0.39, 0.29) is 11.8 Å². The Labute approximate surface area is 147 Å². The predicted octanol–water partition coefficient (Wildman–Crippen LogP) is 2.36. The zero-order valence-corrected chi connectivity index (χ0v) is 15.1. The van der Waals surface area contributed by atoms with Gasteiger partial charge in [0.2, 0.25) is 11.8 Å². The van der Waals surface area contributed by atoms with Crippen molar-refractivity contribution < 1.29 is 14.3 Å². The van der Waals surface area contributed by atoms with Crippen LogP contribution in [-0.4, -0.2) is 53.4 Å². The number of likely N-dealkylation sites (tertiary alicyclic amines) is 1. The van der Waals surface area contributed by atoms with E-state index in [9.17, 15) is 9.59 Å². The minimum atomic E-state index is -0.425. The molecule has 6 heteroatoms. The van der Waals surface area contributed by atoms with Crippen LogP contribution in [0.4, 0.5) is 0 Å². The fraction of sp³-hybridized carbons (Fsp3) is 0.556. The van der Waals surface area contributed by atoms with Gasteiger partial charge in [-0.3, -0.25) is 19.4 Å². The molecule has 2 aliphatic heterocycles. The number of carbonyl (C=O) groups excluding carboxylic acids is 2. The van der Waals surface area contributed by atoms with Crippen molar-refractivity contribution in [2.24, 2.45) is 5.41 Å². The Balaban J connectivity index is 1.66. The van der Waals surface area contributed by atoms with E-state index in [1.54, 1.807) is 11.8 Å². The topological polar surface area (TPSA) is 49.9 Å². The second kappa shape index (κ2) is 7.15. The largest absolute Gasteiger partial charge is 0.494 e. The molecule has 24 heavy (non-hydrogen) atoms. The van der Waals surface area contributed by atoms with E-state index in [2.05, 4.69) is 0 Å². The molecule has 2 heterocycles. The lowest BCUT2D eigenvalue weighted by molar-refractivity contribution is -0.143. The molecule has 2 amide bonds. The number of amides is 2. The molecule has 0 N–H and O–H groups in total. The molecular weight excluding hydrogens is 324 g/mol. The number of rotatable bonds is 6. The van der Waals surface area contributed by atoms with Crippen molar-refractivity contribution in [1.82, 2.24) is 9.80 Å². The summed E-state index contributed by atoms with van der Waals surface area (Å²) in [5, 5.41) is 0. The van der Waals surface area contributed by atoms with Crippen LogP contribution in [-0.2, 0) is 16.1 Å². The fourth-order valence-electron chi connectivity index (χ4n) is 3.43. The van der Waals surface area contributed by atoms with Gasteiger partial charge in [-0.2, -0.15) is 11.8 Å². The smallest absolute Gasteiger partial charge is 0.237 e. The molecule has 1 atom stereocenters. The van der Waals surface area contributed by atoms with Crippen molar-refractivity contribution in [2.75, 3.05) is 31.8 Å². The molecule has 130 valence electrons. The van der Waals surface area contributed by atoms with Gasteiger partial charge in [-0.05, 0) is 32.2 Å². The summed E-state index contributed by atoms with van der Waals surface area (Å²) >= 11 is 1.78. The highest BCUT2D eigenvalue weighted by Gasteiger charge is 2.53. The number of hydrogen-bond donors (Lipinski definition) is 0. The lowest BCUT2D eigenvalue weighted by Crippen LogP contribution is -2.42. The van der Waals surface area contributed by atoms with Crippen molar-refractivity contribution in [1.29, 1.82) is 0 Å². The van der Waals surface area contributed by atoms with Gasteiger partial charge in [0.25, 0.3) is 0 Å². The number of benzene rings is 1. The number of nitrogens with zero attached hydrogens (tertiary/aromatic N) is 2. The second-order valence-electron chi connectivity index (χ2n) is 6.58. The van der Waals surface area contributed by atoms with Crippen LogP contribution in [0.2, 0.25) is 0 Å². The summed E-state index contributed by atoms with van der Waals surface area (Å²) in [6.07, 6.45) is 1.21. The maximum absolute atomic E-state index is 12.7. The lowest BCUT2D eigenvalue weighted by Gasteiger charge is -2.25. The van der Waals surface area contributed by atoms with Gasteiger partial charge in [-0.15, -0.1) is 0 Å². The third kappa shape index (κ3) is 3.30. The fourth-order valence-corrected chi connectivity index (χ4v) is 4.87. The van der Waals surface area contributed by atoms with E-state index in [1.807, 2.05) is 43.1 Å². The number of imide groups is 1. The van der Waals surface area contributed by atoms with Gasteiger partial charge in [0.1, 0.15) is 5.75 Å². The molecule has 3 rings (SSSR count). The third-order valence-corrected chi connectivity index (χ3v) is 5.94. The van der Waals surface area contributed by atoms with Crippen LogP contribution in [0.25, 0.3) is 0 Å². The molecule has 0 aliphatic carbocycles. The van der Waals surface area contributed by atoms with E-state index in [0.717, 1.165) is 29.2 Å². The van der Waals surface area contributed by atoms with Crippen molar-refractivity contribution in [3.63, 3.8) is 0 Å². The number of para-hydroxylation sites is 1. The first-order chi connectivity index (χ1) is 11.6. The van der Waals surface area contributed by atoms with Gasteiger partial charge >= 0.3 is 0 Å². The Hall–Kier alpha value is -1.53. The van der Waals surface area contributed by atoms with Crippen molar-refractivity contribution >= 4 is 23.6 Å². The second-order valence-corrected chi connectivity index (χ2v) is 7.69. The molecule has 0 bridgehead atoms. The summed E-state index contributed by atoms with van der Waals surface area (Å²) in [6.45, 7) is 3.55. The third-order valence-electron chi connectivity index (χ3n) is 4.69. The first-order valence-corrected chi connectivity index (χ1v) is 9.53. The van der Waals surface area contributed by atoms with Gasteiger partial charge in [-0.1, -0.05) is 18.2 Å². The van der Waals surface area contributed by atoms with Gasteiger partial charge < -0.3 is 4.74 Å². The van der Waals surface area contributed by atoms with E-state index in [0.29, 0.717) is 26.2 Å². The summed E-state index contributed by atoms with van der Waals surface area (Å²) in [5.41, 5.74) is 0.637. The van der Waals surface area contributed by atoms with E-state index >= 15 is 0 Å². The maximum Gasteiger partial charge on any atom is 0.237 e. The van der Waals surface area contributed by atoms with Crippen molar-refractivity contribution in [2.45, 2.75) is 26.3 Å². The quantitative estimate of drug-likeness (QED) is 0.739. The monoisotopic (exact) mass is 348 g/mol. The lowest BCUT2D eigenvalue weighted by atomic mass is 9.86. The molecular formula is C18H24N2O3S. The van der Waals surface area contributed by atoms with Crippen LogP contribution in [0, 0.1) is 5.41 Å². The van der Waals surface area contributed by atoms with Gasteiger partial charge in [0, 0.05) is 24.3 Å². The van der Waals surface area contributed by atoms with E-state index < -0.39 is 5.41 Å². The number of carbonyl (C=O) groups is 2. The molecule has 1 aromatic carbocycles. The predicted molar refractivity (Wildman–Crippen MR) is 94.8 cm³/mol. The van der Waals surface area contributed by atoms with Gasteiger partial charge in [-0.25, -0.2) is 0 Å². The highest BCUT2D eigenvalue weighted by Crippen LogP contribution is 2.44. The Morgan fingerprint density at radius 1 is 1.33 bits per heavy atom. The zero-order chi connectivity index (χ0) is 17.2. The molecule has 0 saturated carbocycles. The van der Waals surface area contributed by atoms with Crippen LogP contribution in [0.5, 0.6) is 5.75 Å².